The maximum absolute atomic E-state index is 12.6. The minimum atomic E-state index is -0.563. The number of carbonyl (C=O) groups excluding carboxylic acids is 2. The molecule has 4 heterocycles. The number of nitrogens with one attached hydrogen (secondary N) is 2. The normalized spacial score (nSPS) is 31.6. The molecule has 0 radical (unpaired) electrons. The van der Waals surface area contributed by atoms with E-state index in [4.69, 9.17) is 9.47 Å². The summed E-state index contributed by atoms with van der Waals surface area (Å²) in [6.45, 7) is 2.48. The smallest absolute Gasteiger partial charge is 0.255 e. The predicted molar refractivity (Wildman–Crippen MR) is 98.3 cm³/mol. The zero-order chi connectivity index (χ0) is 18.5. The van der Waals surface area contributed by atoms with Gasteiger partial charge < -0.3 is 25.0 Å². The first-order valence-electron chi connectivity index (χ1n) is 9.82. The van der Waals surface area contributed by atoms with Crippen molar-refractivity contribution in [3.8, 4) is 0 Å². The van der Waals surface area contributed by atoms with Crippen LogP contribution in [0.3, 0.4) is 0 Å². The number of anilines is 1. The fraction of sp³-hybridized carbons (Fsp3) is 0.600. The fourth-order valence-electron chi connectivity index (χ4n) is 4.88. The Kier molecular flexibility index (Phi) is 3.91. The molecule has 2 amide bonds. The van der Waals surface area contributed by atoms with Crippen molar-refractivity contribution in [3.63, 3.8) is 0 Å². The molecule has 27 heavy (non-hydrogen) atoms. The van der Waals surface area contributed by atoms with Crippen molar-refractivity contribution in [2.24, 2.45) is 0 Å². The quantitative estimate of drug-likeness (QED) is 0.782. The molecule has 0 unspecified atom stereocenters. The van der Waals surface area contributed by atoms with Gasteiger partial charge in [0.15, 0.2) is 0 Å². The van der Waals surface area contributed by atoms with Crippen LogP contribution in [0.15, 0.2) is 24.3 Å². The van der Waals surface area contributed by atoms with Gasteiger partial charge in [0.1, 0.15) is 11.8 Å². The zero-order valence-corrected chi connectivity index (χ0v) is 15.3. The minimum Gasteiger partial charge on any atom is -0.370 e. The number of benzene rings is 1. The number of ether oxygens (including phenoxy) is 2. The molecule has 0 bridgehead atoms. The number of piperidine rings is 1. The fourth-order valence-corrected chi connectivity index (χ4v) is 4.88. The van der Waals surface area contributed by atoms with Gasteiger partial charge in [-0.2, -0.15) is 0 Å². The first-order valence-corrected chi connectivity index (χ1v) is 9.82. The van der Waals surface area contributed by atoms with Gasteiger partial charge in [-0.05, 0) is 37.8 Å². The molecule has 0 aromatic heterocycles. The van der Waals surface area contributed by atoms with Crippen molar-refractivity contribution in [2.45, 2.75) is 49.5 Å². The molecule has 5 rings (SSSR count). The van der Waals surface area contributed by atoms with Crippen LogP contribution in [0.2, 0.25) is 0 Å². The Morgan fingerprint density at radius 1 is 1.19 bits per heavy atom. The number of para-hydroxylation sites is 1. The number of likely N-dealkylation sites (tertiary alicyclic amines) is 1. The third kappa shape index (κ3) is 2.89. The molecule has 2 spiro atoms. The van der Waals surface area contributed by atoms with Crippen LogP contribution in [-0.4, -0.2) is 60.4 Å². The van der Waals surface area contributed by atoms with Crippen molar-refractivity contribution in [1.82, 2.24) is 10.2 Å². The number of rotatable bonds is 1. The number of hydrogen-bond acceptors (Lipinski definition) is 5. The highest BCUT2D eigenvalue weighted by molar-refractivity contribution is 6.02. The standard InChI is InChI=1S/C20H25N3O4/c24-17-14-4-1-2-5-15(14)21-20(22-17)12-19(27-13-20)7-9-23(10-8-19)18(25)16-6-3-11-26-16/h1-2,4-5,16,21H,3,6-13H2,(H,22,24)/t16-,20-/m1/s1. The second kappa shape index (κ2) is 6.21. The van der Waals surface area contributed by atoms with Crippen molar-refractivity contribution in [1.29, 1.82) is 0 Å². The molecule has 0 saturated carbocycles. The molecule has 2 N–H and O–H groups in total. The van der Waals surface area contributed by atoms with Crippen LogP contribution in [0.25, 0.3) is 0 Å². The van der Waals surface area contributed by atoms with Gasteiger partial charge in [-0.25, -0.2) is 0 Å². The van der Waals surface area contributed by atoms with Crippen molar-refractivity contribution in [3.05, 3.63) is 29.8 Å². The maximum Gasteiger partial charge on any atom is 0.255 e. The summed E-state index contributed by atoms with van der Waals surface area (Å²) >= 11 is 0. The van der Waals surface area contributed by atoms with E-state index in [-0.39, 0.29) is 23.5 Å². The Bertz CT molecular complexity index is 768. The van der Waals surface area contributed by atoms with Crippen LogP contribution in [-0.2, 0) is 14.3 Å². The van der Waals surface area contributed by atoms with Gasteiger partial charge in [0.2, 0.25) is 0 Å². The molecule has 2 atom stereocenters. The van der Waals surface area contributed by atoms with Crippen LogP contribution in [0.5, 0.6) is 0 Å². The van der Waals surface area contributed by atoms with E-state index >= 15 is 0 Å². The molecule has 4 aliphatic rings. The highest BCUT2D eigenvalue weighted by Crippen LogP contribution is 2.43. The van der Waals surface area contributed by atoms with Gasteiger partial charge >= 0.3 is 0 Å². The predicted octanol–water partition coefficient (Wildman–Crippen LogP) is 1.50. The summed E-state index contributed by atoms with van der Waals surface area (Å²) in [5, 5.41) is 6.62. The Hall–Kier alpha value is -2.12. The number of carbonyl (C=O) groups is 2. The Balaban J connectivity index is 1.26. The topological polar surface area (TPSA) is 79.9 Å². The van der Waals surface area contributed by atoms with Crippen molar-refractivity contribution in [2.75, 3.05) is 31.6 Å². The molecule has 4 aliphatic heterocycles. The highest BCUT2D eigenvalue weighted by atomic mass is 16.5. The molecule has 3 saturated heterocycles. The Labute approximate surface area is 158 Å². The molecule has 1 aromatic rings. The molecule has 3 fully saturated rings. The van der Waals surface area contributed by atoms with Gasteiger partial charge in [-0.3, -0.25) is 9.59 Å². The highest BCUT2D eigenvalue weighted by Gasteiger charge is 2.53. The lowest BCUT2D eigenvalue weighted by Gasteiger charge is -2.41. The van der Waals surface area contributed by atoms with Crippen LogP contribution in [0.1, 0.15) is 42.5 Å². The number of amides is 2. The summed E-state index contributed by atoms with van der Waals surface area (Å²) in [6.07, 6.45) is 3.81. The molecular formula is C20H25N3O4. The monoisotopic (exact) mass is 371 g/mol. The maximum atomic E-state index is 12.6. The molecular weight excluding hydrogens is 346 g/mol. The molecule has 7 nitrogen and oxygen atoms in total. The second-order valence-corrected chi connectivity index (χ2v) is 8.18. The van der Waals surface area contributed by atoms with E-state index in [0.29, 0.717) is 38.3 Å². The van der Waals surface area contributed by atoms with Gasteiger partial charge in [-0.1, -0.05) is 12.1 Å². The number of nitrogens with zero attached hydrogens (tertiary/aromatic N) is 1. The summed E-state index contributed by atoms with van der Waals surface area (Å²) in [6, 6.07) is 7.55. The lowest BCUT2D eigenvalue weighted by molar-refractivity contribution is -0.145. The first-order chi connectivity index (χ1) is 13.1. The zero-order valence-electron chi connectivity index (χ0n) is 15.3. The largest absolute Gasteiger partial charge is 0.370 e. The third-order valence-electron chi connectivity index (χ3n) is 6.34. The van der Waals surface area contributed by atoms with Gasteiger partial charge in [0, 0.05) is 31.8 Å². The van der Waals surface area contributed by atoms with Crippen LogP contribution < -0.4 is 10.6 Å². The van der Waals surface area contributed by atoms with Crippen molar-refractivity contribution < 1.29 is 19.1 Å². The van der Waals surface area contributed by atoms with Gasteiger partial charge in [0.25, 0.3) is 11.8 Å². The summed E-state index contributed by atoms with van der Waals surface area (Å²) in [7, 11) is 0. The summed E-state index contributed by atoms with van der Waals surface area (Å²) in [5.74, 6) is 0.0593. The van der Waals surface area contributed by atoms with Gasteiger partial charge in [0.05, 0.1) is 17.8 Å². The van der Waals surface area contributed by atoms with E-state index in [1.54, 1.807) is 0 Å². The lowest BCUT2D eigenvalue weighted by Crippen LogP contribution is -2.59. The third-order valence-corrected chi connectivity index (χ3v) is 6.34. The SMILES string of the molecule is O=C1N[C@]2(COC3(CCN(C(=O)[C@H]4CCCO4)CC3)C2)Nc2ccccc21. The van der Waals surface area contributed by atoms with E-state index in [0.717, 1.165) is 31.4 Å². The summed E-state index contributed by atoms with van der Waals surface area (Å²) in [5.41, 5.74) is 0.667. The number of fused-ring (bicyclic) bond motifs is 1. The van der Waals surface area contributed by atoms with Crippen LogP contribution in [0, 0.1) is 0 Å². The molecule has 144 valence electrons. The molecule has 1 aromatic carbocycles. The Morgan fingerprint density at radius 2 is 2.00 bits per heavy atom. The molecule has 0 aliphatic carbocycles. The summed E-state index contributed by atoms with van der Waals surface area (Å²) in [4.78, 5) is 27.0. The minimum absolute atomic E-state index is 0.0593. The van der Waals surface area contributed by atoms with Crippen LogP contribution in [0.4, 0.5) is 5.69 Å². The van der Waals surface area contributed by atoms with E-state index in [1.807, 2.05) is 29.2 Å². The molecule has 7 heteroatoms. The van der Waals surface area contributed by atoms with E-state index in [1.165, 1.54) is 0 Å². The summed E-state index contributed by atoms with van der Waals surface area (Å²) < 4.78 is 11.8. The second-order valence-electron chi connectivity index (χ2n) is 8.18. The average Bonchev–Trinajstić information content (AvgIpc) is 3.31. The average molecular weight is 371 g/mol. The van der Waals surface area contributed by atoms with E-state index < -0.39 is 5.66 Å². The first kappa shape index (κ1) is 17.0. The van der Waals surface area contributed by atoms with Crippen molar-refractivity contribution >= 4 is 17.5 Å². The van der Waals surface area contributed by atoms with E-state index in [2.05, 4.69) is 10.6 Å². The lowest BCUT2D eigenvalue weighted by atomic mass is 9.84. The Morgan fingerprint density at radius 3 is 2.78 bits per heavy atom. The number of hydrogen-bond donors (Lipinski definition) is 2. The van der Waals surface area contributed by atoms with Crippen LogP contribution >= 0.6 is 0 Å². The van der Waals surface area contributed by atoms with Gasteiger partial charge in [-0.15, -0.1) is 0 Å². The van der Waals surface area contributed by atoms with E-state index in [9.17, 15) is 9.59 Å².